The van der Waals surface area contributed by atoms with Gasteiger partial charge in [-0.2, -0.15) is 0 Å². The molecule has 1 saturated heterocycles. The van der Waals surface area contributed by atoms with Crippen LogP contribution in [-0.4, -0.2) is 66.5 Å². The van der Waals surface area contributed by atoms with Crippen LogP contribution in [0, 0.1) is 0 Å². The number of hydrogen-bond donors (Lipinski definition) is 4. The first kappa shape index (κ1) is 22.9. The number of aliphatic hydroxyl groups is 2. The third kappa shape index (κ3) is 4.30. The maximum Gasteiger partial charge on any atom is 0.252 e. The summed E-state index contributed by atoms with van der Waals surface area (Å²) in [4.78, 5) is 26.3. The van der Waals surface area contributed by atoms with Crippen molar-refractivity contribution in [1.82, 2.24) is 24.8 Å². The molecule has 1 aliphatic heterocycles. The summed E-state index contributed by atoms with van der Waals surface area (Å²) in [5.41, 5.74) is 0.911. The molecule has 12 heteroatoms. The Morgan fingerprint density at radius 3 is 2.81 bits per heavy atom. The van der Waals surface area contributed by atoms with E-state index in [9.17, 15) is 15.0 Å². The third-order valence-electron chi connectivity index (χ3n) is 5.44. The Bertz CT molecular complexity index is 1090. The van der Waals surface area contributed by atoms with Gasteiger partial charge in [0.15, 0.2) is 29.3 Å². The van der Waals surface area contributed by atoms with Crippen LogP contribution in [0.5, 0.6) is 0 Å². The number of nitrogens with zero attached hydrogens (tertiary/aromatic N) is 4. The number of fused-ring (bicyclic) bond motifs is 1. The van der Waals surface area contributed by atoms with Crippen LogP contribution in [0.15, 0.2) is 24.1 Å². The van der Waals surface area contributed by atoms with Gasteiger partial charge in [0.25, 0.3) is 5.91 Å². The van der Waals surface area contributed by atoms with Crippen LogP contribution in [-0.2, 0) is 16.0 Å². The number of anilines is 1. The largest absolute Gasteiger partial charge is 0.387 e. The Morgan fingerprint density at radius 2 is 2.12 bits per heavy atom. The lowest BCUT2D eigenvalue weighted by atomic mass is 10.1. The standard InChI is InChI=1S/C20H25ClN6O4S/c1-3-10(7-12-11(21)5-6-32-12)26-17-13-18(24-8-23-17)27(9-25-13)20-15(29)14(28)16(31-20)19(30)22-4-2/h5-6,8-10,14-16,20,28-29H,3-4,7H2,1-2H3,(H,22,30)(H,23,24,26). The number of rotatable bonds is 8. The van der Waals surface area contributed by atoms with Gasteiger partial charge >= 0.3 is 0 Å². The van der Waals surface area contributed by atoms with E-state index in [4.69, 9.17) is 16.3 Å². The number of aliphatic hydroxyl groups excluding tert-OH is 2. The van der Waals surface area contributed by atoms with E-state index in [1.165, 1.54) is 17.2 Å². The predicted molar refractivity (Wildman–Crippen MR) is 121 cm³/mol. The van der Waals surface area contributed by atoms with Crippen molar-refractivity contribution in [3.63, 3.8) is 0 Å². The highest BCUT2D eigenvalue weighted by Crippen LogP contribution is 2.33. The fraction of sp³-hybridized carbons (Fsp3) is 0.500. The van der Waals surface area contributed by atoms with Crippen LogP contribution in [0.2, 0.25) is 5.02 Å². The van der Waals surface area contributed by atoms with Crippen LogP contribution in [0.1, 0.15) is 31.4 Å². The number of carbonyl (C=O) groups excluding carboxylic acids is 1. The summed E-state index contributed by atoms with van der Waals surface area (Å²) in [6.07, 6.45) is -0.465. The topological polar surface area (TPSA) is 134 Å². The number of carbonyl (C=O) groups is 1. The summed E-state index contributed by atoms with van der Waals surface area (Å²) in [5.74, 6) is 0.0579. The zero-order valence-electron chi connectivity index (χ0n) is 17.6. The molecule has 0 saturated carbocycles. The first-order valence-electron chi connectivity index (χ1n) is 10.4. The number of imidazole rings is 1. The number of aromatic nitrogens is 4. The predicted octanol–water partition coefficient (Wildman–Crippen LogP) is 1.73. The molecule has 1 aliphatic rings. The van der Waals surface area contributed by atoms with E-state index in [0.717, 1.165) is 22.7 Å². The molecule has 5 atom stereocenters. The van der Waals surface area contributed by atoms with Crippen molar-refractivity contribution < 1.29 is 19.7 Å². The number of hydrogen-bond acceptors (Lipinski definition) is 9. The molecule has 10 nitrogen and oxygen atoms in total. The smallest absolute Gasteiger partial charge is 0.252 e. The minimum atomic E-state index is -1.37. The van der Waals surface area contributed by atoms with E-state index in [1.54, 1.807) is 18.3 Å². The summed E-state index contributed by atoms with van der Waals surface area (Å²) in [6, 6.07) is 1.96. The van der Waals surface area contributed by atoms with Gasteiger partial charge in [0.05, 0.1) is 11.3 Å². The van der Waals surface area contributed by atoms with Gasteiger partial charge in [-0.25, -0.2) is 15.0 Å². The molecule has 0 bridgehead atoms. The van der Waals surface area contributed by atoms with Crippen LogP contribution < -0.4 is 10.6 Å². The lowest BCUT2D eigenvalue weighted by Gasteiger charge is -2.18. The molecule has 4 N–H and O–H groups in total. The molecule has 0 spiro atoms. The monoisotopic (exact) mass is 480 g/mol. The molecule has 0 aromatic carbocycles. The Labute approximate surface area is 193 Å². The number of nitrogens with one attached hydrogen (secondary N) is 2. The van der Waals surface area contributed by atoms with E-state index in [0.29, 0.717) is 23.5 Å². The summed E-state index contributed by atoms with van der Waals surface area (Å²) in [7, 11) is 0. The summed E-state index contributed by atoms with van der Waals surface area (Å²) in [6.45, 7) is 4.22. The maximum absolute atomic E-state index is 12.2. The molecule has 0 radical (unpaired) electrons. The molecule has 0 aliphatic carbocycles. The van der Waals surface area contributed by atoms with Crippen molar-refractivity contribution in [3.05, 3.63) is 34.0 Å². The second-order valence-electron chi connectivity index (χ2n) is 7.51. The van der Waals surface area contributed by atoms with E-state index >= 15 is 0 Å². The number of thiophene rings is 1. The van der Waals surface area contributed by atoms with Crippen molar-refractivity contribution in [1.29, 1.82) is 0 Å². The lowest BCUT2D eigenvalue weighted by Crippen LogP contribution is -2.42. The molecule has 1 fully saturated rings. The summed E-state index contributed by atoms with van der Waals surface area (Å²) >= 11 is 7.86. The quantitative estimate of drug-likeness (QED) is 0.383. The molecule has 1 amide bonds. The Morgan fingerprint density at radius 1 is 1.31 bits per heavy atom. The van der Waals surface area contributed by atoms with Gasteiger partial charge in [-0.05, 0) is 24.8 Å². The zero-order chi connectivity index (χ0) is 22.8. The molecule has 4 heterocycles. The molecule has 3 aromatic rings. The van der Waals surface area contributed by atoms with Gasteiger partial charge in [-0.3, -0.25) is 9.36 Å². The molecule has 3 aromatic heterocycles. The average molecular weight is 481 g/mol. The molecule has 172 valence electrons. The summed E-state index contributed by atoms with van der Waals surface area (Å²) < 4.78 is 7.20. The summed E-state index contributed by atoms with van der Waals surface area (Å²) in [5, 5.41) is 29.6. The van der Waals surface area contributed by atoms with Crippen LogP contribution >= 0.6 is 22.9 Å². The zero-order valence-corrected chi connectivity index (χ0v) is 19.2. The van der Waals surface area contributed by atoms with E-state index in [2.05, 4.69) is 32.5 Å². The van der Waals surface area contributed by atoms with E-state index in [-0.39, 0.29) is 6.04 Å². The van der Waals surface area contributed by atoms with Gasteiger partial charge in [0.2, 0.25) is 0 Å². The van der Waals surface area contributed by atoms with Gasteiger partial charge in [-0.15, -0.1) is 11.3 Å². The number of amides is 1. The van der Waals surface area contributed by atoms with Crippen molar-refractivity contribution in [2.75, 3.05) is 11.9 Å². The second kappa shape index (κ2) is 9.67. The van der Waals surface area contributed by atoms with E-state index in [1.807, 2.05) is 11.4 Å². The van der Waals surface area contributed by atoms with Gasteiger partial charge in [0, 0.05) is 23.9 Å². The van der Waals surface area contributed by atoms with Crippen LogP contribution in [0.4, 0.5) is 5.82 Å². The van der Waals surface area contributed by atoms with Crippen LogP contribution in [0.3, 0.4) is 0 Å². The maximum atomic E-state index is 12.2. The minimum absolute atomic E-state index is 0.0756. The van der Waals surface area contributed by atoms with Crippen molar-refractivity contribution >= 4 is 45.8 Å². The minimum Gasteiger partial charge on any atom is -0.387 e. The second-order valence-corrected chi connectivity index (χ2v) is 8.92. The number of halogens is 1. The normalized spacial score (nSPS) is 24.0. The van der Waals surface area contributed by atoms with Crippen molar-refractivity contribution in [2.45, 2.75) is 57.3 Å². The first-order valence-corrected chi connectivity index (χ1v) is 11.7. The molecule has 4 rings (SSSR count). The number of ether oxygens (including phenoxy) is 1. The molecular formula is C20H25ClN6O4S. The highest BCUT2D eigenvalue weighted by atomic mass is 35.5. The molecular weight excluding hydrogens is 456 g/mol. The lowest BCUT2D eigenvalue weighted by molar-refractivity contribution is -0.137. The first-order chi connectivity index (χ1) is 15.4. The highest BCUT2D eigenvalue weighted by Gasteiger charge is 2.47. The third-order valence-corrected chi connectivity index (χ3v) is 6.85. The van der Waals surface area contributed by atoms with Gasteiger partial charge in [-0.1, -0.05) is 18.5 Å². The average Bonchev–Trinajstić information content (AvgIpc) is 3.47. The number of likely N-dealkylation sites (N-methyl/N-ethyl adjacent to an activating group) is 1. The fourth-order valence-electron chi connectivity index (χ4n) is 3.71. The van der Waals surface area contributed by atoms with Crippen molar-refractivity contribution in [3.8, 4) is 0 Å². The SMILES string of the molecule is CCNC(=O)C1OC(n2cnc3c(NC(CC)Cc4sccc4Cl)ncnc32)C(O)C1O. The Kier molecular flexibility index (Phi) is 6.91. The van der Waals surface area contributed by atoms with Gasteiger partial charge in [0.1, 0.15) is 18.5 Å². The van der Waals surface area contributed by atoms with Crippen molar-refractivity contribution in [2.24, 2.45) is 0 Å². The Balaban J connectivity index is 1.58. The van der Waals surface area contributed by atoms with Crippen LogP contribution in [0.25, 0.3) is 11.2 Å². The molecule has 5 unspecified atom stereocenters. The fourth-order valence-corrected chi connectivity index (χ4v) is 4.90. The van der Waals surface area contributed by atoms with Gasteiger partial charge < -0.3 is 25.6 Å². The Hall–Kier alpha value is -2.31. The highest BCUT2D eigenvalue weighted by molar-refractivity contribution is 7.10. The molecule has 32 heavy (non-hydrogen) atoms. The van der Waals surface area contributed by atoms with E-state index < -0.39 is 30.4 Å².